The second kappa shape index (κ2) is 8.88. The minimum atomic E-state index is -5.96. The number of nitrogens with zero attached hydrogens (tertiary/aromatic N) is 1. The van der Waals surface area contributed by atoms with Gasteiger partial charge in [0.1, 0.15) is 17.4 Å². The molecular formula is C21H25F3N2O6S. The summed E-state index contributed by atoms with van der Waals surface area (Å²) in [5, 5.41) is 2.82. The summed E-state index contributed by atoms with van der Waals surface area (Å²) in [6, 6.07) is 5.77. The van der Waals surface area contributed by atoms with Gasteiger partial charge in [0, 0.05) is 0 Å². The predicted octanol–water partition coefficient (Wildman–Crippen LogP) is 3.55. The van der Waals surface area contributed by atoms with Crippen LogP contribution in [0.1, 0.15) is 50.8 Å². The molecule has 182 valence electrons. The van der Waals surface area contributed by atoms with Crippen molar-refractivity contribution in [1.82, 2.24) is 10.2 Å². The molecule has 0 fully saturated rings. The lowest BCUT2D eigenvalue weighted by Gasteiger charge is -2.30. The molecule has 0 aromatic heterocycles. The van der Waals surface area contributed by atoms with E-state index in [2.05, 4.69) is 9.50 Å². The average molecular weight is 491 g/mol. The number of carbonyl (C=O) groups is 2. The minimum Gasteiger partial charge on any atom is -0.444 e. The first-order valence-electron chi connectivity index (χ1n) is 10.3. The van der Waals surface area contributed by atoms with Gasteiger partial charge in [-0.3, -0.25) is 9.69 Å². The number of nitrogens with one attached hydrogen (secondary N) is 1. The summed E-state index contributed by atoms with van der Waals surface area (Å²) in [4.78, 5) is 26.5. The number of aryl methyl sites for hydroxylation is 1. The predicted molar refractivity (Wildman–Crippen MR) is 111 cm³/mol. The van der Waals surface area contributed by atoms with E-state index in [1.807, 2.05) is 24.3 Å². The molecule has 1 heterocycles. The first-order chi connectivity index (χ1) is 15.2. The van der Waals surface area contributed by atoms with Gasteiger partial charge in [0.25, 0.3) is 0 Å². The molecule has 2 atom stereocenters. The Balaban J connectivity index is 1.85. The van der Waals surface area contributed by atoms with Gasteiger partial charge in [-0.15, -0.1) is 0 Å². The number of alkyl halides is 3. The van der Waals surface area contributed by atoms with Crippen molar-refractivity contribution in [3.05, 3.63) is 47.2 Å². The van der Waals surface area contributed by atoms with Crippen molar-refractivity contribution in [2.45, 2.75) is 63.2 Å². The maximum atomic E-state index is 13.1. The van der Waals surface area contributed by atoms with Gasteiger partial charge < -0.3 is 14.2 Å². The van der Waals surface area contributed by atoms with Crippen LogP contribution in [-0.4, -0.2) is 49.0 Å². The van der Waals surface area contributed by atoms with E-state index in [-0.39, 0.29) is 6.04 Å². The molecule has 0 bridgehead atoms. The van der Waals surface area contributed by atoms with Crippen LogP contribution in [0.3, 0.4) is 0 Å². The fourth-order valence-electron chi connectivity index (χ4n) is 3.70. The molecule has 8 nitrogen and oxygen atoms in total. The van der Waals surface area contributed by atoms with Crippen LogP contribution in [0.15, 0.2) is 36.1 Å². The van der Waals surface area contributed by atoms with E-state index in [4.69, 9.17) is 4.74 Å². The molecule has 1 aliphatic carbocycles. The number of fused-ring (bicyclic) bond motifs is 1. The molecule has 1 unspecified atom stereocenters. The number of ether oxygens (including phenoxy) is 1. The lowest BCUT2D eigenvalue weighted by Crippen LogP contribution is -2.48. The molecule has 2 aliphatic rings. The van der Waals surface area contributed by atoms with Crippen LogP contribution in [-0.2, 0) is 30.3 Å². The van der Waals surface area contributed by atoms with Crippen molar-refractivity contribution in [2.75, 3.05) is 6.54 Å². The van der Waals surface area contributed by atoms with Crippen LogP contribution in [0.25, 0.3) is 0 Å². The van der Waals surface area contributed by atoms with Crippen LogP contribution in [0, 0.1) is 0 Å². The fraction of sp³-hybridized carbons (Fsp3) is 0.524. The number of hydrogen-bond donors (Lipinski definition) is 1. The number of rotatable bonds is 4. The van der Waals surface area contributed by atoms with E-state index in [0.29, 0.717) is 6.42 Å². The highest BCUT2D eigenvalue weighted by atomic mass is 32.2. The number of halogens is 3. The number of hydrogen-bond acceptors (Lipinski definition) is 6. The summed E-state index contributed by atoms with van der Waals surface area (Å²) in [6.07, 6.45) is 2.19. The van der Waals surface area contributed by atoms with Gasteiger partial charge in [0.15, 0.2) is 0 Å². The van der Waals surface area contributed by atoms with Crippen molar-refractivity contribution in [1.29, 1.82) is 0 Å². The maximum Gasteiger partial charge on any atom is 0.534 e. The van der Waals surface area contributed by atoms with E-state index in [1.54, 1.807) is 20.8 Å². The smallest absolute Gasteiger partial charge is 0.444 e. The zero-order chi connectivity index (χ0) is 24.6. The molecule has 1 aliphatic heterocycles. The van der Waals surface area contributed by atoms with Crippen LogP contribution in [0.2, 0.25) is 0 Å². The van der Waals surface area contributed by atoms with Gasteiger partial charge in [0.05, 0.1) is 12.6 Å². The Hall–Kier alpha value is -2.76. The molecule has 3 rings (SSSR count). The standard InChI is InChI=1S/C21H25F3N2O6S/c1-20(2,3)31-19(28)26-12-14(32-33(29,30)21(22,23)24)11-17(26)18(27)25-16-10-6-8-13-7-4-5-9-15(13)16/h4-5,7,9,11,16-17H,6,8,10,12H2,1-3H3,(H,25,27)/t16?,17-/m0/s1. The molecule has 33 heavy (non-hydrogen) atoms. The molecular weight excluding hydrogens is 465 g/mol. The van der Waals surface area contributed by atoms with E-state index in [9.17, 15) is 31.2 Å². The van der Waals surface area contributed by atoms with Gasteiger partial charge in [-0.1, -0.05) is 24.3 Å². The Morgan fingerprint density at radius 3 is 2.45 bits per heavy atom. The molecule has 1 aromatic carbocycles. The van der Waals surface area contributed by atoms with Crippen molar-refractivity contribution in [2.24, 2.45) is 0 Å². The normalized spacial score (nSPS) is 21.2. The number of amides is 2. The van der Waals surface area contributed by atoms with E-state index in [0.717, 1.165) is 34.9 Å². The Morgan fingerprint density at radius 1 is 1.15 bits per heavy atom. The number of benzene rings is 1. The number of carbonyl (C=O) groups excluding carboxylic acids is 2. The van der Waals surface area contributed by atoms with E-state index < -0.39 is 51.6 Å². The summed E-state index contributed by atoms with van der Waals surface area (Å²) in [5.41, 5.74) is -4.63. The fourth-order valence-corrected chi connectivity index (χ4v) is 4.19. The molecule has 12 heteroatoms. The quantitative estimate of drug-likeness (QED) is 0.512. The van der Waals surface area contributed by atoms with Gasteiger partial charge in [-0.05, 0) is 57.2 Å². The summed E-state index contributed by atoms with van der Waals surface area (Å²) >= 11 is 0. The highest BCUT2D eigenvalue weighted by molar-refractivity contribution is 7.87. The van der Waals surface area contributed by atoms with E-state index >= 15 is 0 Å². The highest BCUT2D eigenvalue weighted by Gasteiger charge is 2.50. The first-order valence-corrected chi connectivity index (χ1v) is 11.7. The lowest BCUT2D eigenvalue weighted by atomic mass is 9.87. The van der Waals surface area contributed by atoms with Crippen LogP contribution in [0.5, 0.6) is 0 Å². The van der Waals surface area contributed by atoms with Gasteiger partial charge in [-0.2, -0.15) is 21.6 Å². The Labute approximate surface area is 189 Å². The van der Waals surface area contributed by atoms with Crippen LogP contribution >= 0.6 is 0 Å². The lowest BCUT2D eigenvalue weighted by molar-refractivity contribution is -0.125. The van der Waals surface area contributed by atoms with Crippen LogP contribution < -0.4 is 5.32 Å². The third-order valence-corrected chi connectivity index (χ3v) is 6.09. The molecule has 0 spiro atoms. The van der Waals surface area contributed by atoms with Crippen molar-refractivity contribution >= 4 is 22.1 Å². The minimum absolute atomic E-state index is 0.361. The third kappa shape index (κ3) is 5.79. The van der Waals surface area contributed by atoms with Gasteiger partial charge in [-0.25, -0.2) is 4.79 Å². The average Bonchev–Trinajstić information content (AvgIpc) is 3.09. The summed E-state index contributed by atoms with van der Waals surface area (Å²) in [5.74, 6) is -1.38. The van der Waals surface area contributed by atoms with Crippen molar-refractivity contribution in [3.63, 3.8) is 0 Å². The molecule has 0 radical (unpaired) electrons. The molecule has 0 saturated carbocycles. The largest absolute Gasteiger partial charge is 0.534 e. The Kier molecular flexibility index (Phi) is 6.69. The zero-order valence-corrected chi connectivity index (χ0v) is 19.1. The molecule has 1 N–H and O–H groups in total. The van der Waals surface area contributed by atoms with Crippen LogP contribution in [0.4, 0.5) is 18.0 Å². The maximum absolute atomic E-state index is 13.1. The Morgan fingerprint density at radius 2 is 1.82 bits per heavy atom. The zero-order valence-electron chi connectivity index (χ0n) is 18.3. The monoisotopic (exact) mass is 490 g/mol. The van der Waals surface area contributed by atoms with Crippen molar-refractivity contribution in [3.8, 4) is 0 Å². The highest BCUT2D eigenvalue weighted by Crippen LogP contribution is 2.32. The summed E-state index contributed by atoms with van der Waals surface area (Å²) in [6.45, 7) is 4.06. The molecule has 0 saturated heterocycles. The van der Waals surface area contributed by atoms with Gasteiger partial charge >= 0.3 is 21.7 Å². The second-order valence-corrected chi connectivity index (χ2v) is 10.4. The Bertz CT molecular complexity index is 1060. The van der Waals surface area contributed by atoms with Gasteiger partial charge in [0.2, 0.25) is 5.91 Å². The second-order valence-electron chi connectivity index (χ2n) is 8.82. The third-order valence-electron chi connectivity index (χ3n) is 5.09. The molecule has 2 amide bonds. The summed E-state index contributed by atoms with van der Waals surface area (Å²) in [7, 11) is -5.96. The first kappa shape index (κ1) is 24.9. The SMILES string of the molecule is CC(C)(C)OC(=O)N1CC(OS(=O)(=O)C(F)(F)F)=C[C@H]1C(=O)NC1CCCc2ccccc21. The molecule has 1 aromatic rings. The summed E-state index contributed by atoms with van der Waals surface area (Å²) < 4.78 is 70.5. The van der Waals surface area contributed by atoms with Crippen molar-refractivity contribution < 1.29 is 40.1 Å². The topological polar surface area (TPSA) is 102 Å². The van der Waals surface area contributed by atoms with E-state index in [1.165, 1.54) is 0 Å².